The zero-order chi connectivity index (χ0) is 16.6. The van der Waals surface area contributed by atoms with Crippen LogP contribution in [0.1, 0.15) is 0 Å². The van der Waals surface area contributed by atoms with Gasteiger partial charge in [0.05, 0.1) is 12.0 Å². The molecule has 0 N–H and O–H groups in total. The maximum atomic E-state index is 12.7. The van der Waals surface area contributed by atoms with Crippen LogP contribution in [0.25, 0.3) is 11.0 Å². The Morgan fingerprint density at radius 3 is 2.43 bits per heavy atom. The minimum absolute atomic E-state index is 0.0234. The van der Waals surface area contributed by atoms with Crippen molar-refractivity contribution in [2.24, 2.45) is 0 Å². The van der Waals surface area contributed by atoms with Crippen LogP contribution in [0.4, 0.5) is 0 Å². The van der Waals surface area contributed by atoms with E-state index in [4.69, 9.17) is 9.15 Å². The molecule has 0 unspecified atom stereocenters. The van der Waals surface area contributed by atoms with Gasteiger partial charge in [0.25, 0.3) is 0 Å². The van der Waals surface area contributed by atoms with Gasteiger partial charge in [0.2, 0.25) is 9.84 Å². The monoisotopic (exact) mass is 394 g/mol. The largest absolute Gasteiger partial charge is 0.493 e. The fourth-order valence-corrected chi connectivity index (χ4v) is 3.74. The SMILES string of the molecule is COc1cccc2cc(S(=O)(=O)c3ccc(Br)cc3)c(=O)oc12. The highest BCUT2D eigenvalue weighted by molar-refractivity contribution is 9.10. The standard InChI is InChI=1S/C16H11BrO5S/c1-21-13-4-2-3-10-9-14(16(18)22-15(10)13)23(19,20)12-7-5-11(17)6-8-12/h2-9H,1H3. The van der Waals surface area contributed by atoms with Gasteiger partial charge in [-0.15, -0.1) is 0 Å². The van der Waals surface area contributed by atoms with Crippen molar-refractivity contribution in [2.45, 2.75) is 9.79 Å². The lowest BCUT2D eigenvalue weighted by molar-refractivity contribution is 0.405. The Kier molecular flexibility index (Phi) is 3.99. The molecule has 0 saturated heterocycles. The zero-order valence-corrected chi connectivity index (χ0v) is 14.3. The van der Waals surface area contributed by atoms with Crippen LogP contribution in [-0.2, 0) is 9.84 Å². The number of halogens is 1. The van der Waals surface area contributed by atoms with Crippen molar-refractivity contribution in [2.75, 3.05) is 7.11 Å². The van der Waals surface area contributed by atoms with E-state index in [0.717, 1.165) is 4.47 Å². The third kappa shape index (κ3) is 2.77. The Morgan fingerprint density at radius 2 is 1.78 bits per heavy atom. The van der Waals surface area contributed by atoms with E-state index in [1.807, 2.05) is 0 Å². The molecule has 0 fully saturated rings. The van der Waals surface area contributed by atoms with Crippen molar-refractivity contribution in [3.8, 4) is 5.75 Å². The summed E-state index contributed by atoms with van der Waals surface area (Å²) in [5.41, 5.74) is -0.709. The second-order valence-electron chi connectivity index (χ2n) is 4.73. The molecule has 3 rings (SSSR count). The summed E-state index contributed by atoms with van der Waals surface area (Å²) in [5.74, 6) is 0.368. The third-order valence-corrected chi connectivity index (χ3v) is 5.61. The van der Waals surface area contributed by atoms with Crippen molar-refractivity contribution < 1.29 is 17.6 Å². The number of benzene rings is 2. The average Bonchev–Trinajstić information content (AvgIpc) is 2.54. The molecule has 0 atom stereocenters. The third-order valence-electron chi connectivity index (χ3n) is 3.33. The first kappa shape index (κ1) is 15.8. The van der Waals surface area contributed by atoms with E-state index in [1.165, 1.54) is 25.3 Å². The quantitative estimate of drug-likeness (QED) is 0.636. The molecular formula is C16H11BrO5S. The molecule has 0 aliphatic heterocycles. The predicted octanol–water partition coefficient (Wildman–Crippen LogP) is 3.40. The molecule has 23 heavy (non-hydrogen) atoms. The fraction of sp³-hybridized carbons (Fsp3) is 0.0625. The lowest BCUT2D eigenvalue weighted by Crippen LogP contribution is -2.14. The number of hydrogen-bond acceptors (Lipinski definition) is 5. The van der Waals surface area contributed by atoms with E-state index in [0.29, 0.717) is 11.1 Å². The van der Waals surface area contributed by atoms with E-state index in [-0.39, 0.29) is 10.5 Å². The number of fused-ring (bicyclic) bond motifs is 1. The van der Waals surface area contributed by atoms with Gasteiger partial charge in [0.15, 0.2) is 16.2 Å². The lowest BCUT2D eigenvalue weighted by Gasteiger charge is -2.07. The number of methoxy groups -OCH3 is 1. The molecule has 0 spiro atoms. The van der Waals surface area contributed by atoms with E-state index < -0.39 is 20.4 Å². The van der Waals surface area contributed by atoms with Crippen LogP contribution >= 0.6 is 15.9 Å². The Labute approximate surface area is 140 Å². The van der Waals surface area contributed by atoms with Crippen LogP contribution < -0.4 is 10.4 Å². The molecule has 0 saturated carbocycles. The Morgan fingerprint density at radius 1 is 1.09 bits per heavy atom. The first-order chi connectivity index (χ1) is 10.9. The maximum absolute atomic E-state index is 12.7. The predicted molar refractivity (Wildman–Crippen MR) is 88.6 cm³/mol. The summed E-state index contributed by atoms with van der Waals surface area (Å²) in [7, 11) is -2.52. The molecule has 3 aromatic rings. The van der Waals surface area contributed by atoms with Gasteiger partial charge < -0.3 is 9.15 Å². The van der Waals surface area contributed by atoms with Gasteiger partial charge in [0.1, 0.15) is 0 Å². The maximum Gasteiger partial charge on any atom is 0.355 e. The van der Waals surface area contributed by atoms with Crippen LogP contribution in [0.5, 0.6) is 5.75 Å². The van der Waals surface area contributed by atoms with Crippen molar-refractivity contribution >= 4 is 36.7 Å². The summed E-state index contributed by atoms with van der Waals surface area (Å²) < 4.78 is 36.4. The molecule has 0 aliphatic carbocycles. The summed E-state index contributed by atoms with van der Waals surface area (Å²) in [4.78, 5) is 11.8. The number of hydrogen-bond donors (Lipinski definition) is 0. The van der Waals surface area contributed by atoms with Gasteiger partial charge in [-0.3, -0.25) is 0 Å². The minimum atomic E-state index is -3.97. The van der Waals surface area contributed by atoms with Crippen LogP contribution in [-0.4, -0.2) is 15.5 Å². The number of sulfone groups is 1. The molecular weight excluding hydrogens is 384 g/mol. The van der Waals surface area contributed by atoms with Gasteiger partial charge in [-0.2, -0.15) is 0 Å². The highest BCUT2D eigenvalue weighted by Crippen LogP contribution is 2.27. The normalized spacial score (nSPS) is 11.6. The molecule has 118 valence electrons. The van der Waals surface area contributed by atoms with Gasteiger partial charge in [-0.1, -0.05) is 28.1 Å². The number of para-hydroxylation sites is 1. The van der Waals surface area contributed by atoms with Crippen molar-refractivity contribution in [1.29, 1.82) is 0 Å². The van der Waals surface area contributed by atoms with Crippen molar-refractivity contribution in [3.05, 3.63) is 63.4 Å². The summed E-state index contributed by atoms with van der Waals surface area (Å²) in [5, 5.41) is 0.472. The molecule has 7 heteroatoms. The van der Waals surface area contributed by atoms with E-state index in [9.17, 15) is 13.2 Å². The van der Waals surface area contributed by atoms with Crippen molar-refractivity contribution in [3.63, 3.8) is 0 Å². The highest BCUT2D eigenvalue weighted by Gasteiger charge is 2.23. The average molecular weight is 395 g/mol. The van der Waals surface area contributed by atoms with Crippen LogP contribution in [0, 0.1) is 0 Å². The van der Waals surface area contributed by atoms with E-state index in [1.54, 1.807) is 30.3 Å². The smallest absolute Gasteiger partial charge is 0.355 e. The second kappa shape index (κ2) is 5.82. The van der Waals surface area contributed by atoms with Gasteiger partial charge in [0, 0.05) is 9.86 Å². The van der Waals surface area contributed by atoms with Crippen LogP contribution in [0.15, 0.2) is 72.0 Å². The second-order valence-corrected chi connectivity index (χ2v) is 7.57. The van der Waals surface area contributed by atoms with Gasteiger partial charge in [-0.05, 0) is 36.4 Å². The zero-order valence-electron chi connectivity index (χ0n) is 11.9. The summed E-state index contributed by atoms with van der Waals surface area (Å²) >= 11 is 3.24. The summed E-state index contributed by atoms with van der Waals surface area (Å²) in [6.45, 7) is 0. The Bertz CT molecular complexity index is 1040. The fourth-order valence-electron chi connectivity index (χ4n) is 2.19. The molecule has 0 radical (unpaired) electrons. The molecule has 1 heterocycles. The van der Waals surface area contributed by atoms with E-state index in [2.05, 4.69) is 15.9 Å². The van der Waals surface area contributed by atoms with Gasteiger partial charge in [-0.25, -0.2) is 13.2 Å². The van der Waals surface area contributed by atoms with Crippen molar-refractivity contribution in [1.82, 2.24) is 0 Å². The molecule has 0 bridgehead atoms. The van der Waals surface area contributed by atoms with E-state index >= 15 is 0 Å². The number of rotatable bonds is 3. The summed E-state index contributed by atoms with van der Waals surface area (Å²) in [6.07, 6.45) is 0. The summed E-state index contributed by atoms with van der Waals surface area (Å²) in [6, 6.07) is 12.3. The highest BCUT2D eigenvalue weighted by atomic mass is 79.9. The first-order valence-corrected chi connectivity index (χ1v) is 8.82. The molecule has 5 nitrogen and oxygen atoms in total. The molecule has 2 aromatic carbocycles. The molecule has 0 amide bonds. The Balaban J connectivity index is 2.26. The first-order valence-electron chi connectivity index (χ1n) is 6.55. The van der Waals surface area contributed by atoms with Crippen LogP contribution in [0.3, 0.4) is 0 Å². The van der Waals surface area contributed by atoms with Crippen LogP contribution in [0.2, 0.25) is 0 Å². The minimum Gasteiger partial charge on any atom is -0.493 e. The lowest BCUT2D eigenvalue weighted by atomic mass is 10.2. The number of ether oxygens (including phenoxy) is 1. The molecule has 1 aromatic heterocycles. The molecule has 0 aliphatic rings. The van der Waals surface area contributed by atoms with Gasteiger partial charge >= 0.3 is 5.63 Å². The topological polar surface area (TPSA) is 73.6 Å². The Hall–Kier alpha value is -2.12.